The van der Waals surface area contributed by atoms with Gasteiger partial charge in [-0.15, -0.1) is 0 Å². The molecular weight excluding hydrogens is 245 g/mol. The van der Waals surface area contributed by atoms with E-state index in [-0.39, 0.29) is 5.69 Å². The molecule has 0 bridgehead atoms. The van der Waals surface area contributed by atoms with Gasteiger partial charge in [-0.1, -0.05) is 5.92 Å². The molecule has 0 radical (unpaired) electrons. The van der Waals surface area contributed by atoms with E-state index in [0.717, 1.165) is 12.4 Å². The first-order chi connectivity index (χ1) is 8.55. The second-order valence-corrected chi connectivity index (χ2v) is 3.29. The van der Waals surface area contributed by atoms with Crippen LogP contribution in [0.5, 0.6) is 0 Å². The maximum Gasteiger partial charge on any atom is 0.433 e. The Balaban J connectivity index is 2.13. The lowest BCUT2D eigenvalue weighted by Gasteiger charge is -2.03. The molecular formula is C11H7F3N4. The lowest BCUT2D eigenvalue weighted by atomic mass is 10.3. The van der Waals surface area contributed by atoms with Crippen LogP contribution in [-0.2, 0) is 12.7 Å². The quantitative estimate of drug-likeness (QED) is 0.726. The molecule has 2 aromatic rings. The summed E-state index contributed by atoms with van der Waals surface area (Å²) in [5.41, 5.74) is -0.967. The van der Waals surface area contributed by atoms with Crippen molar-refractivity contribution in [2.45, 2.75) is 12.7 Å². The molecule has 2 heterocycles. The molecule has 0 unspecified atom stereocenters. The Bertz CT molecular complexity index is 578. The smallest absolute Gasteiger partial charge is 0.261 e. The molecule has 0 spiro atoms. The number of alkyl halides is 3. The van der Waals surface area contributed by atoms with Crippen LogP contribution in [0.3, 0.4) is 0 Å². The van der Waals surface area contributed by atoms with Crippen molar-refractivity contribution in [2.24, 2.45) is 0 Å². The monoisotopic (exact) mass is 252 g/mol. The summed E-state index contributed by atoms with van der Waals surface area (Å²) < 4.78 is 38.6. The topological polar surface area (TPSA) is 43.6 Å². The standard InChI is InChI=1S/C11H7F3N4/c12-11(13,14)10-7-9(15-8-16-10)3-1-5-18-6-2-4-17-18/h2,4,6-8H,5H2. The Kier molecular flexibility index (Phi) is 3.28. The van der Waals surface area contributed by atoms with E-state index < -0.39 is 11.9 Å². The van der Waals surface area contributed by atoms with E-state index in [4.69, 9.17) is 0 Å². The van der Waals surface area contributed by atoms with Crippen LogP contribution in [0.1, 0.15) is 11.4 Å². The fourth-order valence-electron chi connectivity index (χ4n) is 1.19. The third kappa shape index (κ3) is 3.07. The van der Waals surface area contributed by atoms with E-state index >= 15 is 0 Å². The van der Waals surface area contributed by atoms with E-state index in [1.807, 2.05) is 0 Å². The van der Waals surface area contributed by atoms with Crippen molar-refractivity contribution < 1.29 is 13.2 Å². The summed E-state index contributed by atoms with van der Waals surface area (Å²) >= 11 is 0. The van der Waals surface area contributed by atoms with Crippen molar-refractivity contribution in [3.05, 3.63) is 42.2 Å². The van der Waals surface area contributed by atoms with Gasteiger partial charge in [0.1, 0.15) is 24.3 Å². The zero-order chi connectivity index (χ0) is 13.0. The van der Waals surface area contributed by atoms with Gasteiger partial charge in [0.05, 0.1) is 0 Å². The summed E-state index contributed by atoms with van der Waals surface area (Å²) in [6.45, 7) is 0.290. The maximum atomic E-state index is 12.4. The summed E-state index contributed by atoms with van der Waals surface area (Å²) in [7, 11) is 0. The predicted molar refractivity (Wildman–Crippen MR) is 56.1 cm³/mol. The first-order valence-corrected chi connectivity index (χ1v) is 4.91. The molecule has 2 rings (SSSR count). The maximum absolute atomic E-state index is 12.4. The molecule has 0 fully saturated rings. The molecule has 0 aliphatic carbocycles. The third-order valence-electron chi connectivity index (χ3n) is 1.97. The van der Waals surface area contributed by atoms with E-state index in [1.54, 1.807) is 23.1 Å². The van der Waals surface area contributed by atoms with Gasteiger partial charge in [0, 0.05) is 18.5 Å². The van der Waals surface area contributed by atoms with Crippen molar-refractivity contribution >= 4 is 0 Å². The zero-order valence-electron chi connectivity index (χ0n) is 9.02. The molecule has 0 atom stereocenters. The summed E-state index contributed by atoms with van der Waals surface area (Å²) in [4.78, 5) is 6.80. The molecule has 7 heteroatoms. The highest BCUT2D eigenvalue weighted by molar-refractivity contribution is 5.28. The first kappa shape index (κ1) is 12.1. The fraction of sp³-hybridized carbons (Fsp3) is 0.182. The molecule has 0 aliphatic heterocycles. The number of aromatic nitrogens is 4. The van der Waals surface area contributed by atoms with Crippen LogP contribution in [0, 0.1) is 11.8 Å². The lowest BCUT2D eigenvalue weighted by Crippen LogP contribution is -2.08. The van der Waals surface area contributed by atoms with Crippen LogP contribution in [-0.4, -0.2) is 19.7 Å². The number of hydrogen-bond donors (Lipinski definition) is 0. The fourth-order valence-corrected chi connectivity index (χ4v) is 1.19. The SMILES string of the molecule is FC(F)(F)c1cc(C#CCn2cccn2)ncn1. The Labute approximate surface area is 100 Å². The predicted octanol–water partition coefficient (Wildman–Crippen LogP) is 1.74. The number of rotatable bonds is 1. The molecule has 0 amide bonds. The minimum absolute atomic E-state index is 0.0319. The Morgan fingerprint density at radius 3 is 2.78 bits per heavy atom. The van der Waals surface area contributed by atoms with Crippen LogP contribution in [0.2, 0.25) is 0 Å². The van der Waals surface area contributed by atoms with Crippen molar-refractivity contribution in [3.8, 4) is 11.8 Å². The van der Waals surface area contributed by atoms with E-state index in [0.29, 0.717) is 6.54 Å². The van der Waals surface area contributed by atoms with Gasteiger partial charge in [-0.25, -0.2) is 9.97 Å². The summed E-state index contributed by atoms with van der Waals surface area (Å²) in [6, 6.07) is 2.55. The van der Waals surface area contributed by atoms with Gasteiger partial charge in [-0.3, -0.25) is 4.68 Å². The Hall–Kier alpha value is -2.36. The minimum atomic E-state index is -4.48. The highest BCUT2D eigenvalue weighted by Gasteiger charge is 2.32. The summed E-state index contributed by atoms with van der Waals surface area (Å²) in [5, 5.41) is 3.91. The number of nitrogens with zero attached hydrogens (tertiary/aromatic N) is 4. The van der Waals surface area contributed by atoms with Gasteiger partial charge in [-0.2, -0.15) is 18.3 Å². The number of halogens is 3. The van der Waals surface area contributed by atoms with Crippen molar-refractivity contribution in [1.82, 2.24) is 19.7 Å². The average Bonchev–Trinajstić information content (AvgIpc) is 2.81. The van der Waals surface area contributed by atoms with Crippen molar-refractivity contribution in [3.63, 3.8) is 0 Å². The average molecular weight is 252 g/mol. The summed E-state index contributed by atoms with van der Waals surface area (Å²) in [5.74, 6) is 5.21. The van der Waals surface area contributed by atoms with Gasteiger partial charge in [0.15, 0.2) is 0 Å². The van der Waals surface area contributed by atoms with Gasteiger partial charge in [-0.05, 0) is 12.0 Å². The minimum Gasteiger partial charge on any atom is -0.261 e. The van der Waals surface area contributed by atoms with Gasteiger partial charge >= 0.3 is 6.18 Å². The zero-order valence-corrected chi connectivity index (χ0v) is 9.02. The van der Waals surface area contributed by atoms with Crippen LogP contribution >= 0.6 is 0 Å². The molecule has 0 saturated heterocycles. The van der Waals surface area contributed by atoms with Gasteiger partial charge < -0.3 is 0 Å². The largest absolute Gasteiger partial charge is 0.433 e. The molecule has 4 nitrogen and oxygen atoms in total. The molecule has 0 aliphatic rings. The normalized spacial score (nSPS) is 10.8. The van der Waals surface area contributed by atoms with Crippen LogP contribution in [0.25, 0.3) is 0 Å². The second-order valence-electron chi connectivity index (χ2n) is 3.29. The first-order valence-electron chi connectivity index (χ1n) is 4.91. The third-order valence-corrected chi connectivity index (χ3v) is 1.97. The van der Waals surface area contributed by atoms with Crippen LogP contribution in [0.4, 0.5) is 13.2 Å². The van der Waals surface area contributed by atoms with Crippen LogP contribution in [0.15, 0.2) is 30.9 Å². The molecule has 18 heavy (non-hydrogen) atoms. The van der Waals surface area contributed by atoms with Crippen molar-refractivity contribution in [1.29, 1.82) is 0 Å². The highest BCUT2D eigenvalue weighted by atomic mass is 19.4. The van der Waals surface area contributed by atoms with Gasteiger partial charge in [0.2, 0.25) is 0 Å². The molecule has 0 saturated carbocycles. The molecule has 0 N–H and O–H groups in total. The molecule has 92 valence electrons. The van der Waals surface area contributed by atoms with E-state index in [1.165, 1.54) is 0 Å². The highest BCUT2D eigenvalue weighted by Crippen LogP contribution is 2.26. The Morgan fingerprint density at radius 1 is 1.28 bits per heavy atom. The van der Waals surface area contributed by atoms with E-state index in [9.17, 15) is 13.2 Å². The number of hydrogen-bond acceptors (Lipinski definition) is 3. The Morgan fingerprint density at radius 2 is 2.11 bits per heavy atom. The molecule has 2 aromatic heterocycles. The van der Waals surface area contributed by atoms with Crippen LogP contribution < -0.4 is 0 Å². The molecule has 0 aromatic carbocycles. The van der Waals surface area contributed by atoms with Gasteiger partial charge in [0.25, 0.3) is 0 Å². The summed E-state index contributed by atoms with van der Waals surface area (Å²) in [6.07, 6.45) is -0.341. The van der Waals surface area contributed by atoms with E-state index in [2.05, 4.69) is 26.9 Å². The lowest BCUT2D eigenvalue weighted by molar-refractivity contribution is -0.141. The van der Waals surface area contributed by atoms with Crippen molar-refractivity contribution in [2.75, 3.05) is 0 Å². The second kappa shape index (κ2) is 4.87.